The van der Waals surface area contributed by atoms with Crippen molar-refractivity contribution in [2.24, 2.45) is 0 Å². The predicted molar refractivity (Wildman–Crippen MR) is 105 cm³/mol. The summed E-state index contributed by atoms with van der Waals surface area (Å²) in [7, 11) is 1.65. The zero-order valence-electron chi connectivity index (χ0n) is 15.2. The highest BCUT2D eigenvalue weighted by atomic mass is 79.9. The highest BCUT2D eigenvalue weighted by Crippen LogP contribution is 2.27. The van der Waals surface area contributed by atoms with Gasteiger partial charge in [0.2, 0.25) is 0 Å². The van der Waals surface area contributed by atoms with Gasteiger partial charge in [-0.15, -0.1) is 0 Å². The molecule has 134 valence electrons. The van der Waals surface area contributed by atoms with Gasteiger partial charge in [0.1, 0.15) is 11.8 Å². The number of hydrogen-bond donors (Lipinski definition) is 2. The van der Waals surface area contributed by atoms with E-state index in [0.717, 1.165) is 33.5 Å². The SMILES string of the molecule is CCc1cccc(C)c1NC(=O)C[NH2+][C@@H](C)c1ccc(OC)c(Br)c1. The van der Waals surface area contributed by atoms with Crippen molar-refractivity contribution in [1.82, 2.24) is 0 Å². The number of nitrogens with one attached hydrogen (secondary N) is 1. The van der Waals surface area contributed by atoms with Crippen LogP contribution in [0.4, 0.5) is 5.69 Å². The summed E-state index contributed by atoms with van der Waals surface area (Å²) in [6.45, 7) is 6.59. The zero-order valence-corrected chi connectivity index (χ0v) is 16.8. The van der Waals surface area contributed by atoms with Crippen molar-refractivity contribution in [1.29, 1.82) is 0 Å². The summed E-state index contributed by atoms with van der Waals surface area (Å²) in [4.78, 5) is 12.4. The van der Waals surface area contributed by atoms with Crippen molar-refractivity contribution in [2.75, 3.05) is 19.0 Å². The number of aryl methyl sites for hydroxylation is 2. The number of amides is 1. The molecule has 1 amide bonds. The lowest BCUT2D eigenvalue weighted by Crippen LogP contribution is -2.86. The molecule has 0 aliphatic rings. The lowest BCUT2D eigenvalue weighted by Gasteiger charge is -2.15. The van der Waals surface area contributed by atoms with Crippen LogP contribution in [-0.2, 0) is 11.2 Å². The summed E-state index contributed by atoms with van der Waals surface area (Å²) in [6, 6.07) is 12.3. The predicted octanol–water partition coefficient (Wildman–Crippen LogP) is 3.59. The average Bonchev–Trinajstić information content (AvgIpc) is 2.61. The second-order valence-corrected chi connectivity index (χ2v) is 6.99. The van der Waals surface area contributed by atoms with E-state index >= 15 is 0 Å². The maximum absolute atomic E-state index is 12.4. The molecule has 5 heteroatoms. The van der Waals surface area contributed by atoms with Crippen LogP contribution in [0.2, 0.25) is 0 Å². The molecular formula is C20H26BrN2O2+. The van der Waals surface area contributed by atoms with E-state index in [1.54, 1.807) is 7.11 Å². The molecule has 1 atom stereocenters. The number of hydrogen-bond acceptors (Lipinski definition) is 2. The Morgan fingerprint density at radius 3 is 2.72 bits per heavy atom. The Bertz CT molecular complexity index is 746. The first kappa shape index (κ1) is 19.5. The van der Waals surface area contributed by atoms with Gasteiger partial charge >= 0.3 is 0 Å². The monoisotopic (exact) mass is 405 g/mol. The van der Waals surface area contributed by atoms with Gasteiger partial charge in [-0.2, -0.15) is 0 Å². The van der Waals surface area contributed by atoms with Gasteiger partial charge < -0.3 is 15.4 Å². The second-order valence-electron chi connectivity index (χ2n) is 6.13. The average molecular weight is 406 g/mol. The molecule has 2 aromatic rings. The van der Waals surface area contributed by atoms with Crippen LogP contribution < -0.4 is 15.4 Å². The molecule has 4 nitrogen and oxygen atoms in total. The molecule has 0 saturated carbocycles. The van der Waals surface area contributed by atoms with Gasteiger partial charge in [-0.05, 0) is 65.5 Å². The van der Waals surface area contributed by atoms with E-state index in [-0.39, 0.29) is 11.9 Å². The van der Waals surface area contributed by atoms with Crippen LogP contribution in [0.5, 0.6) is 5.75 Å². The third-order valence-electron chi connectivity index (χ3n) is 4.36. The van der Waals surface area contributed by atoms with E-state index in [0.29, 0.717) is 6.54 Å². The molecule has 2 rings (SSSR count). The first-order valence-electron chi connectivity index (χ1n) is 8.51. The van der Waals surface area contributed by atoms with Crippen LogP contribution in [0, 0.1) is 6.92 Å². The number of carbonyl (C=O) groups excluding carboxylic acids is 1. The molecule has 0 bridgehead atoms. The van der Waals surface area contributed by atoms with Crippen LogP contribution >= 0.6 is 15.9 Å². The zero-order chi connectivity index (χ0) is 18.4. The molecule has 0 saturated heterocycles. The van der Waals surface area contributed by atoms with Gasteiger partial charge in [0, 0.05) is 11.3 Å². The Balaban J connectivity index is 1.97. The van der Waals surface area contributed by atoms with Crippen molar-refractivity contribution in [3.8, 4) is 5.75 Å². The Labute approximate surface area is 158 Å². The molecule has 0 radical (unpaired) electrons. The maximum atomic E-state index is 12.4. The number of benzene rings is 2. The molecule has 0 fully saturated rings. The number of methoxy groups -OCH3 is 1. The molecule has 2 aromatic carbocycles. The van der Waals surface area contributed by atoms with Gasteiger partial charge in [0.05, 0.1) is 11.6 Å². The molecule has 0 aliphatic heterocycles. The standard InChI is InChI=1S/C20H25BrN2O2/c1-5-15-8-6-7-13(2)20(15)23-19(24)12-22-14(3)16-9-10-18(25-4)17(21)11-16/h6-11,14,22H,5,12H2,1-4H3,(H,23,24)/p+1/t14-/m0/s1. The van der Waals surface area contributed by atoms with Crippen molar-refractivity contribution in [2.45, 2.75) is 33.2 Å². The number of rotatable bonds is 7. The summed E-state index contributed by atoms with van der Waals surface area (Å²) >= 11 is 3.51. The first-order valence-corrected chi connectivity index (χ1v) is 9.30. The molecule has 0 aromatic heterocycles. The van der Waals surface area contributed by atoms with Gasteiger partial charge in [-0.3, -0.25) is 4.79 Å². The molecule has 0 unspecified atom stereocenters. The van der Waals surface area contributed by atoms with Gasteiger partial charge in [0.25, 0.3) is 5.91 Å². The number of carbonyl (C=O) groups is 1. The number of ether oxygens (including phenoxy) is 1. The Kier molecular flexibility index (Phi) is 7.02. The first-order chi connectivity index (χ1) is 12.0. The van der Waals surface area contributed by atoms with Gasteiger partial charge in [0.15, 0.2) is 6.54 Å². The summed E-state index contributed by atoms with van der Waals surface area (Å²) < 4.78 is 6.18. The number of nitrogens with two attached hydrogens (primary N) is 1. The van der Waals surface area contributed by atoms with Crippen LogP contribution in [0.1, 0.15) is 36.6 Å². The van der Waals surface area contributed by atoms with E-state index in [4.69, 9.17) is 4.74 Å². The van der Waals surface area contributed by atoms with Crippen molar-refractivity contribution in [3.05, 3.63) is 57.6 Å². The summed E-state index contributed by atoms with van der Waals surface area (Å²) in [5.41, 5.74) is 4.36. The largest absolute Gasteiger partial charge is 0.496 e. The Morgan fingerprint density at radius 1 is 1.32 bits per heavy atom. The molecule has 0 aliphatic carbocycles. The second kappa shape index (κ2) is 9.02. The molecule has 3 N–H and O–H groups in total. The fourth-order valence-electron chi connectivity index (χ4n) is 2.78. The minimum Gasteiger partial charge on any atom is -0.496 e. The summed E-state index contributed by atoms with van der Waals surface area (Å²) in [5.74, 6) is 0.823. The van der Waals surface area contributed by atoms with Crippen molar-refractivity contribution < 1.29 is 14.8 Å². The van der Waals surface area contributed by atoms with E-state index in [2.05, 4.69) is 41.2 Å². The van der Waals surface area contributed by atoms with Crippen LogP contribution in [0.3, 0.4) is 0 Å². The third-order valence-corrected chi connectivity index (χ3v) is 4.98. The minimum atomic E-state index is 0.0171. The van der Waals surface area contributed by atoms with Crippen molar-refractivity contribution in [3.63, 3.8) is 0 Å². The highest BCUT2D eigenvalue weighted by molar-refractivity contribution is 9.10. The van der Waals surface area contributed by atoms with Crippen molar-refractivity contribution >= 4 is 27.5 Å². The highest BCUT2D eigenvalue weighted by Gasteiger charge is 2.15. The number of para-hydroxylation sites is 1. The fourth-order valence-corrected chi connectivity index (χ4v) is 3.34. The van der Waals surface area contributed by atoms with E-state index < -0.39 is 0 Å². The summed E-state index contributed by atoms with van der Waals surface area (Å²) in [6.07, 6.45) is 0.900. The topological polar surface area (TPSA) is 54.9 Å². The fraction of sp³-hybridized carbons (Fsp3) is 0.350. The third kappa shape index (κ3) is 5.06. The summed E-state index contributed by atoms with van der Waals surface area (Å²) in [5, 5.41) is 5.10. The van der Waals surface area contributed by atoms with E-state index in [1.807, 2.05) is 42.6 Å². The molecule has 0 spiro atoms. The maximum Gasteiger partial charge on any atom is 0.279 e. The smallest absolute Gasteiger partial charge is 0.279 e. The molecule has 25 heavy (non-hydrogen) atoms. The Hall–Kier alpha value is -1.85. The van der Waals surface area contributed by atoms with Gasteiger partial charge in [-0.25, -0.2) is 0 Å². The lowest BCUT2D eigenvalue weighted by atomic mass is 10.1. The number of halogens is 1. The molecular weight excluding hydrogens is 380 g/mol. The van der Waals surface area contributed by atoms with E-state index in [1.165, 1.54) is 5.56 Å². The minimum absolute atomic E-state index is 0.0171. The van der Waals surface area contributed by atoms with Gasteiger partial charge in [-0.1, -0.05) is 25.1 Å². The van der Waals surface area contributed by atoms with Crippen LogP contribution in [0.25, 0.3) is 0 Å². The number of anilines is 1. The van der Waals surface area contributed by atoms with Crippen LogP contribution in [-0.4, -0.2) is 19.6 Å². The molecule has 0 heterocycles. The van der Waals surface area contributed by atoms with E-state index in [9.17, 15) is 4.79 Å². The quantitative estimate of drug-likeness (QED) is 0.739. The van der Waals surface area contributed by atoms with Crippen LogP contribution in [0.15, 0.2) is 40.9 Å². The number of quaternary nitrogens is 1. The Morgan fingerprint density at radius 2 is 2.08 bits per heavy atom. The normalized spacial score (nSPS) is 11.9. The lowest BCUT2D eigenvalue weighted by molar-refractivity contribution is -0.682.